The van der Waals surface area contributed by atoms with E-state index in [1.807, 2.05) is 6.07 Å². The number of nitrogens with zero attached hydrogens (tertiary/aromatic N) is 1. The summed E-state index contributed by atoms with van der Waals surface area (Å²) >= 11 is 18.4. The number of carbonyl (C=O) groups excluding carboxylic acids is 2. The Hall–Kier alpha value is -3.52. The second-order valence-corrected chi connectivity index (χ2v) is 9.59. The van der Waals surface area contributed by atoms with Gasteiger partial charge in [-0.3, -0.25) is 9.59 Å². The highest BCUT2D eigenvalue weighted by Crippen LogP contribution is 2.28. The number of anilines is 1. The number of hydrogen-bond acceptors (Lipinski definition) is 5. The van der Waals surface area contributed by atoms with Gasteiger partial charge in [-0.15, -0.1) is 0 Å². The lowest BCUT2D eigenvalue weighted by atomic mass is 10.0. The zero-order chi connectivity index (χ0) is 26.5. The van der Waals surface area contributed by atoms with Crippen molar-refractivity contribution in [2.75, 3.05) is 11.9 Å². The fourth-order valence-electron chi connectivity index (χ4n) is 3.00. The average molecular weight is 541 g/mol. The molecule has 0 heterocycles. The third-order valence-electron chi connectivity index (χ3n) is 4.61. The number of ketones is 1. The third kappa shape index (κ3) is 7.49. The Kier molecular flexibility index (Phi) is 8.63. The largest absolute Gasteiger partial charge is 0.483 e. The minimum atomic E-state index is -0.649. The summed E-state index contributed by atoms with van der Waals surface area (Å²) in [5.41, 5.74) is 6.77. The van der Waals surface area contributed by atoms with Crippen molar-refractivity contribution in [3.05, 3.63) is 91.9 Å². The van der Waals surface area contributed by atoms with Gasteiger partial charge >= 0.3 is 0 Å². The lowest BCUT2D eigenvalue weighted by Crippen LogP contribution is -2.29. The summed E-state index contributed by atoms with van der Waals surface area (Å²) in [5, 5.41) is 12.7. The van der Waals surface area contributed by atoms with Crippen LogP contribution in [0.15, 0.2) is 54.6 Å². The summed E-state index contributed by atoms with van der Waals surface area (Å²) in [5.74, 6) is 5.01. The standard InChI is InChI=1S/C27H20Cl3N3O3/c1-27(2,32)8-7-16-3-5-23(22(30)11-16)33-25(34)15-36-24-6-4-19(28)13-21(24)26(35)18-9-17(14-31)10-20(29)12-18/h3-6,9-13H,15,32H2,1-2H3,(H,33,34). The first-order valence-corrected chi connectivity index (χ1v) is 11.7. The molecule has 3 rings (SSSR count). The molecule has 3 aromatic rings. The lowest BCUT2D eigenvalue weighted by Gasteiger charge is -2.13. The summed E-state index contributed by atoms with van der Waals surface area (Å²) in [7, 11) is 0. The smallest absolute Gasteiger partial charge is 0.262 e. The third-order valence-corrected chi connectivity index (χ3v) is 5.37. The van der Waals surface area contributed by atoms with Gasteiger partial charge in [-0.05, 0) is 68.4 Å². The van der Waals surface area contributed by atoms with Crippen LogP contribution in [0.1, 0.15) is 40.9 Å². The molecule has 1 amide bonds. The van der Waals surface area contributed by atoms with E-state index in [2.05, 4.69) is 17.2 Å². The van der Waals surface area contributed by atoms with Gasteiger partial charge < -0.3 is 15.8 Å². The number of amides is 1. The molecule has 0 aliphatic rings. The number of ether oxygens (including phenoxy) is 1. The van der Waals surface area contributed by atoms with Crippen molar-refractivity contribution in [2.45, 2.75) is 19.4 Å². The van der Waals surface area contributed by atoms with Crippen LogP contribution in [-0.4, -0.2) is 23.8 Å². The van der Waals surface area contributed by atoms with Crippen molar-refractivity contribution < 1.29 is 14.3 Å². The summed E-state index contributed by atoms with van der Waals surface area (Å²) in [4.78, 5) is 25.6. The van der Waals surface area contributed by atoms with Crippen molar-refractivity contribution in [3.8, 4) is 23.7 Å². The van der Waals surface area contributed by atoms with E-state index in [1.165, 1.54) is 36.4 Å². The van der Waals surface area contributed by atoms with E-state index in [1.54, 1.807) is 32.0 Å². The molecule has 0 unspecified atom stereocenters. The van der Waals surface area contributed by atoms with E-state index >= 15 is 0 Å². The van der Waals surface area contributed by atoms with Crippen molar-refractivity contribution in [2.24, 2.45) is 5.73 Å². The Morgan fingerprint density at radius 3 is 2.42 bits per heavy atom. The predicted octanol–water partition coefficient (Wildman–Crippen LogP) is 5.86. The van der Waals surface area contributed by atoms with E-state index in [0.717, 1.165) is 0 Å². The average Bonchev–Trinajstić information content (AvgIpc) is 2.82. The van der Waals surface area contributed by atoms with Gasteiger partial charge in [0.2, 0.25) is 0 Å². The van der Waals surface area contributed by atoms with Crippen molar-refractivity contribution in [1.29, 1.82) is 5.26 Å². The lowest BCUT2D eigenvalue weighted by molar-refractivity contribution is -0.118. The van der Waals surface area contributed by atoms with Gasteiger partial charge in [0, 0.05) is 21.2 Å². The quantitative estimate of drug-likeness (QED) is 0.301. The number of hydrogen-bond donors (Lipinski definition) is 2. The molecule has 182 valence electrons. The molecule has 0 aromatic heterocycles. The number of halogens is 3. The van der Waals surface area contributed by atoms with E-state index in [9.17, 15) is 9.59 Å². The van der Waals surface area contributed by atoms with Gasteiger partial charge in [-0.1, -0.05) is 46.6 Å². The Labute approximate surface area is 223 Å². The Bertz CT molecular complexity index is 1440. The van der Waals surface area contributed by atoms with Gasteiger partial charge in [0.25, 0.3) is 5.91 Å². The van der Waals surface area contributed by atoms with Gasteiger partial charge in [0.1, 0.15) is 5.75 Å². The van der Waals surface area contributed by atoms with Crippen LogP contribution in [-0.2, 0) is 4.79 Å². The molecule has 0 saturated heterocycles. The Morgan fingerprint density at radius 1 is 1.00 bits per heavy atom. The van der Waals surface area contributed by atoms with Crippen LogP contribution in [0.5, 0.6) is 5.75 Å². The van der Waals surface area contributed by atoms with Crippen LogP contribution in [0.3, 0.4) is 0 Å². The first-order chi connectivity index (χ1) is 16.9. The highest BCUT2D eigenvalue weighted by atomic mass is 35.5. The molecule has 0 saturated carbocycles. The number of benzene rings is 3. The second-order valence-electron chi connectivity index (χ2n) is 8.31. The number of rotatable bonds is 6. The maximum Gasteiger partial charge on any atom is 0.262 e. The Balaban J connectivity index is 1.74. The number of carbonyl (C=O) groups is 2. The molecular weight excluding hydrogens is 521 g/mol. The molecule has 0 aliphatic heterocycles. The molecule has 0 radical (unpaired) electrons. The van der Waals surface area contributed by atoms with Crippen LogP contribution in [0.25, 0.3) is 0 Å². The molecule has 3 aromatic carbocycles. The van der Waals surface area contributed by atoms with Gasteiger partial charge in [-0.25, -0.2) is 0 Å². The minimum Gasteiger partial charge on any atom is -0.483 e. The summed E-state index contributed by atoms with van der Waals surface area (Å²) < 4.78 is 5.63. The van der Waals surface area contributed by atoms with Crippen LogP contribution in [0.4, 0.5) is 5.69 Å². The molecule has 0 bridgehead atoms. The maximum absolute atomic E-state index is 13.1. The van der Waals surface area contributed by atoms with Crippen molar-refractivity contribution in [3.63, 3.8) is 0 Å². The van der Waals surface area contributed by atoms with Gasteiger partial charge in [0.05, 0.1) is 33.4 Å². The van der Waals surface area contributed by atoms with Crippen molar-refractivity contribution in [1.82, 2.24) is 0 Å². The van der Waals surface area contributed by atoms with E-state index < -0.39 is 23.8 Å². The molecule has 0 aliphatic carbocycles. The molecule has 0 spiro atoms. The topological polar surface area (TPSA) is 105 Å². The summed E-state index contributed by atoms with van der Waals surface area (Å²) in [6, 6.07) is 15.6. The van der Waals surface area contributed by atoms with E-state index in [0.29, 0.717) is 21.3 Å². The Morgan fingerprint density at radius 2 is 1.75 bits per heavy atom. The van der Waals surface area contributed by atoms with E-state index in [4.69, 9.17) is 50.5 Å². The van der Waals surface area contributed by atoms with Crippen LogP contribution in [0.2, 0.25) is 15.1 Å². The highest BCUT2D eigenvalue weighted by molar-refractivity contribution is 6.34. The maximum atomic E-state index is 13.1. The monoisotopic (exact) mass is 539 g/mol. The molecular formula is C27H20Cl3N3O3. The fourth-order valence-corrected chi connectivity index (χ4v) is 3.64. The van der Waals surface area contributed by atoms with Crippen LogP contribution in [0, 0.1) is 23.2 Å². The number of nitrogens with two attached hydrogens (primary N) is 1. The molecule has 0 fully saturated rings. The molecule has 0 atom stereocenters. The zero-order valence-corrected chi connectivity index (χ0v) is 21.6. The van der Waals surface area contributed by atoms with Crippen LogP contribution < -0.4 is 15.8 Å². The summed E-state index contributed by atoms with van der Waals surface area (Å²) in [6.45, 7) is 3.17. The van der Waals surface area contributed by atoms with E-state index in [-0.39, 0.29) is 27.5 Å². The first-order valence-electron chi connectivity index (χ1n) is 10.5. The normalized spacial score (nSPS) is 10.6. The fraction of sp³-hybridized carbons (Fsp3) is 0.148. The van der Waals surface area contributed by atoms with Crippen LogP contribution >= 0.6 is 34.8 Å². The number of nitrogens with one attached hydrogen (secondary N) is 1. The molecule has 6 nitrogen and oxygen atoms in total. The first kappa shape index (κ1) is 27.1. The number of nitriles is 1. The summed E-state index contributed by atoms with van der Waals surface area (Å²) in [6.07, 6.45) is 0. The zero-order valence-electron chi connectivity index (χ0n) is 19.3. The van der Waals surface area contributed by atoms with Gasteiger partial charge in [-0.2, -0.15) is 5.26 Å². The van der Waals surface area contributed by atoms with Crippen molar-refractivity contribution >= 4 is 52.2 Å². The molecule has 9 heteroatoms. The van der Waals surface area contributed by atoms with Gasteiger partial charge in [0.15, 0.2) is 12.4 Å². The predicted molar refractivity (Wildman–Crippen MR) is 142 cm³/mol. The highest BCUT2D eigenvalue weighted by Gasteiger charge is 2.18. The minimum absolute atomic E-state index is 0.116. The second kappa shape index (κ2) is 11.5. The molecule has 3 N–H and O–H groups in total. The SMILES string of the molecule is CC(C)(N)C#Cc1ccc(NC(=O)COc2ccc(Cl)cc2C(=O)c2cc(Cl)cc(C#N)c2)c(Cl)c1. The molecule has 36 heavy (non-hydrogen) atoms.